The number of aliphatic hydroxyl groups is 1. The van der Waals surface area contributed by atoms with Crippen LogP contribution in [-0.2, 0) is 4.79 Å². The van der Waals surface area contributed by atoms with Crippen LogP contribution in [0.4, 0.5) is 5.82 Å². The number of aryl methyl sites for hydroxylation is 1. The van der Waals surface area contributed by atoms with E-state index in [9.17, 15) is 9.90 Å². The van der Waals surface area contributed by atoms with Crippen LogP contribution in [0.1, 0.15) is 50.5 Å². The van der Waals surface area contributed by atoms with E-state index >= 15 is 0 Å². The molecule has 5 nitrogen and oxygen atoms in total. The molecule has 0 spiro atoms. The van der Waals surface area contributed by atoms with E-state index in [2.05, 4.69) is 16.8 Å². The Morgan fingerprint density at radius 3 is 2.81 bits per heavy atom. The van der Waals surface area contributed by atoms with Gasteiger partial charge >= 0.3 is 0 Å². The Kier molecular flexibility index (Phi) is 6.76. The topological polar surface area (TPSA) is 56.7 Å². The van der Waals surface area contributed by atoms with Crippen molar-refractivity contribution in [1.82, 2.24) is 9.88 Å². The van der Waals surface area contributed by atoms with E-state index in [1.807, 2.05) is 11.0 Å². The van der Waals surface area contributed by atoms with Crippen molar-refractivity contribution in [1.29, 1.82) is 0 Å². The molecule has 26 heavy (non-hydrogen) atoms. The minimum atomic E-state index is -0.179. The van der Waals surface area contributed by atoms with Crippen molar-refractivity contribution in [2.24, 2.45) is 5.92 Å². The number of anilines is 1. The van der Waals surface area contributed by atoms with E-state index in [4.69, 9.17) is 11.6 Å². The first-order valence-electron chi connectivity index (χ1n) is 9.83. The van der Waals surface area contributed by atoms with E-state index < -0.39 is 0 Å². The number of amides is 1. The van der Waals surface area contributed by atoms with Crippen molar-refractivity contribution in [3.63, 3.8) is 0 Å². The second kappa shape index (κ2) is 9.05. The molecule has 1 aliphatic carbocycles. The molecule has 1 atom stereocenters. The summed E-state index contributed by atoms with van der Waals surface area (Å²) in [5.41, 5.74) is 1.12. The third-order valence-corrected chi connectivity index (χ3v) is 6.11. The molecular formula is C20H30ClN3O2. The highest BCUT2D eigenvalue weighted by Gasteiger charge is 2.26. The maximum atomic E-state index is 11.6. The average Bonchev–Trinajstić information content (AvgIpc) is 2.64. The summed E-state index contributed by atoms with van der Waals surface area (Å²) in [5, 5.41) is 10.3. The van der Waals surface area contributed by atoms with Crippen molar-refractivity contribution >= 4 is 23.8 Å². The number of hydrogen-bond acceptors (Lipinski definition) is 4. The quantitative estimate of drug-likeness (QED) is 0.769. The molecule has 3 rings (SSSR count). The normalized spacial score (nSPS) is 26.6. The highest BCUT2D eigenvalue weighted by atomic mass is 35.5. The van der Waals surface area contributed by atoms with Gasteiger partial charge in [-0.05, 0) is 69.4 Å². The second-order valence-electron chi connectivity index (χ2n) is 7.84. The summed E-state index contributed by atoms with van der Waals surface area (Å²) in [6.45, 7) is 4.90. The van der Waals surface area contributed by atoms with E-state index in [-0.39, 0.29) is 6.10 Å². The number of aliphatic hydroxyl groups excluding tert-OH is 1. The number of rotatable bonds is 6. The van der Waals surface area contributed by atoms with Crippen LogP contribution in [-0.4, -0.2) is 53.2 Å². The van der Waals surface area contributed by atoms with Crippen molar-refractivity contribution in [3.8, 4) is 0 Å². The van der Waals surface area contributed by atoms with Crippen LogP contribution in [0.3, 0.4) is 0 Å². The van der Waals surface area contributed by atoms with Gasteiger partial charge in [-0.25, -0.2) is 4.98 Å². The number of hydrogen-bond donors (Lipinski definition) is 1. The summed E-state index contributed by atoms with van der Waals surface area (Å²) >= 11 is 6.03. The molecule has 6 heteroatoms. The van der Waals surface area contributed by atoms with E-state index in [0.717, 1.165) is 76.0 Å². The Morgan fingerprint density at radius 2 is 2.12 bits per heavy atom. The molecule has 0 aromatic carbocycles. The Bertz CT molecular complexity index is 605. The first-order valence-corrected chi connectivity index (χ1v) is 10.2. The Labute approximate surface area is 161 Å². The maximum absolute atomic E-state index is 11.6. The zero-order valence-electron chi connectivity index (χ0n) is 15.6. The fraction of sp³-hybridized carbons (Fsp3) is 0.700. The summed E-state index contributed by atoms with van der Waals surface area (Å²) in [7, 11) is 0. The van der Waals surface area contributed by atoms with Gasteiger partial charge in [0.25, 0.3) is 0 Å². The van der Waals surface area contributed by atoms with E-state index in [0.29, 0.717) is 17.0 Å². The van der Waals surface area contributed by atoms with Gasteiger partial charge in [-0.2, -0.15) is 0 Å². The van der Waals surface area contributed by atoms with Gasteiger partial charge in [-0.1, -0.05) is 11.6 Å². The summed E-state index contributed by atoms with van der Waals surface area (Å²) in [4.78, 5) is 20.4. The SMILES string of the molecule is Cc1cc(Cl)cnc1N1CCCC(CCN(C=O)C2CCC(O)CC2)C1. The molecule has 1 N–H and O–H groups in total. The lowest BCUT2D eigenvalue weighted by atomic mass is 9.91. The van der Waals surface area contributed by atoms with Crippen molar-refractivity contribution in [2.75, 3.05) is 24.5 Å². The number of carbonyl (C=O) groups is 1. The molecule has 1 amide bonds. The minimum Gasteiger partial charge on any atom is -0.393 e. The van der Waals surface area contributed by atoms with Gasteiger partial charge in [0.1, 0.15) is 5.82 Å². The minimum absolute atomic E-state index is 0.179. The van der Waals surface area contributed by atoms with Crippen LogP contribution in [0.2, 0.25) is 5.02 Å². The van der Waals surface area contributed by atoms with Gasteiger partial charge in [0.05, 0.1) is 11.1 Å². The first-order chi connectivity index (χ1) is 12.6. The molecule has 2 heterocycles. The van der Waals surface area contributed by atoms with Gasteiger partial charge in [-0.3, -0.25) is 4.79 Å². The lowest BCUT2D eigenvalue weighted by molar-refractivity contribution is -0.121. The monoisotopic (exact) mass is 379 g/mol. The molecule has 0 radical (unpaired) electrons. The Balaban J connectivity index is 1.53. The highest BCUT2D eigenvalue weighted by molar-refractivity contribution is 6.30. The van der Waals surface area contributed by atoms with Crippen LogP contribution in [0, 0.1) is 12.8 Å². The summed E-state index contributed by atoms with van der Waals surface area (Å²) < 4.78 is 0. The molecule has 144 valence electrons. The van der Waals surface area contributed by atoms with Crippen LogP contribution in [0.5, 0.6) is 0 Å². The van der Waals surface area contributed by atoms with Crippen LogP contribution < -0.4 is 4.90 Å². The van der Waals surface area contributed by atoms with Gasteiger partial charge in [0, 0.05) is 31.9 Å². The molecule has 1 aromatic rings. The van der Waals surface area contributed by atoms with Crippen LogP contribution in [0.15, 0.2) is 12.3 Å². The van der Waals surface area contributed by atoms with Crippen molar-refractivity contribution in [3.05, 3.63) is 22.8 Å². The average molecular weight is 380 g/mol. The fourth-order valence-corrected chi connectivity index (χ4v) is 4.61. The Morgan fingerprint density at radius 1 is 1.35 bits per heavy atom. The lowest BCUT2D eigenvalue weighted by Crippen LogP contribution is -2.41. The first kappa shape index (κ1) is 19.4. The zero-order valence-corrected chi connectivity index (χ0v) is 16.4. The molecular weight excluding hydrogens is 350 g/mol. The second-order valence-corrected chi connectivity index (χ2v) is 8.28. The predicted molar refractivity (Wildman–Crippen MR) is 105 cm³/mol. The number of carbonyl (C=O) groups excluding carboxylic acids is 1. The van der Waals surface area contributed by atoms with Gasteiger partial charge in [0.2, 0.25) is 6.41 Å². The van der Waals surface area contributed by atoms with Gasteiger partial charge in [-0.15, -0.1) is 0 Å². The summed E-state index contributed by atoms with van der Waals surface area (Å²) in [6.07, 6.45) is 9.41. The predicted octanol–water partition coefficient (Wildman–Crippen LogP) is 3.41. The molecule has 2 fully saturated rings. The number of pyridine rings is 1. The largest absolute Gasteiger partial charge is 0.393 e. The molecule has 1 saturated heterocycles. The third-order valence-electron chi connectivity index (χ3n) is 5.90. The lowest BCUT2D eigenvalue weighted by Gasteiger charge is -2.37. The smallest absolute Gasteiger partial charge is 0.209 e. The number of nitrogens with zero attached hydrogens (tertiary/aromatic N) is 3. The molecule has 1 aromatic heterocycles. The van der Waals surface area contributed by atoms with Crippen LogP contribution >= 0.6 is 11.6 Å². The standard InChI is InChI=1S/C20H30ClN3O2/c1-15-11-17(21)12-22-20(15)23-9-2-3-16(13-23)8-10-24(14-25)18-4-6-19(26)7-5-18/h11-12,14,16,18-19,26H,2-10,13H2,1H3. The number of halogens is 1. The molecule has 2 aliphatic rings. The highest BCUT2D eigenvalue weighted by Crippen LogP contribution is 2.28. The Hall–Kier alpha value is -1.33. The third kappa shape index (κ3) is 4.89. The molecule has 0 bridgehead atoms. The van der Waals surface area contributed by atoms with Crippen molar-refractivity contribution < 1.29 is 9.90 Å². The zero-order chi connectivity index (χ0) is 18.5. The summed E-state index contributed by atoms with van der Waals surface area (Å²) in [5.74, 6) is 1.62. The number of aromatic nitrogens is 1. The van der Waals surface area contributed by atoms with E-state index in [1.54, 1.807) is 6.20 Å². The van der Waals surface area contributed by atoms with Crippen LogP contribution in [0.25, 0.3) is 0 Å². The van der Waals surface area contributed by atoms with Crippen molar-refractivity contribution in [2.45, 2.75) is 64.0 Å². The molecule has 1 aliphatic heterocycles. The number of piperidine rings is 1. The van der Waals surface area contributed by atoms with Gasteiger partial charge < -0.3 is 14.9 Å². The van der Waals surface area contributed by atoms with Gasteiger partial charge in [0.15, 0.2) is 0 Å². The molecule has 1 saturated carbocycles. The fourth-order valence-electron chi connectivity index (χ4n) is 4.40. The maximum Gasteiger partial charge on any atom is 0.209 e. The van der Waals surface area contributed by atoms with E-state index in [1.165, 1.54) is 6.42 Å². The summed E-state index contributed by atoms with van der Waals surface area (Å²) in [6, 6.07) is 2.27. The molecule has 1 unspecified atom stereocenters.